The molecule has 0 fully saturated rings. The minimum absolute atomic E-state index is 0.101. The van der Waals surface area contributed by atoms with Crippen molar-refractivity contribution in [3.63, 3.8) is 0 Å². The van der Waals surface area contributed by atoms with E-state index in [1.54, 1.807) is 7.05 Å². The zero-order valence-electron chi connectivity index (χ0n) is 16.1. The van der Waals surface area contributed by atoms with Crippen LogP contribution in [0, 0.1) is 20.8 Å². The molecule has 0 N–H and O–H groups in total. The van der Waals surface area contributed by atoms with Gasteiger partial charge >= 0.3 is 6.18 Å². The van der Waals surface area contributed by atoms with Crippen LogP contribution in [0.5, 0.6) is 0 Å². The van der Waals surface area contributed by atoms with Crippen LogP contribution in [0.25, 0.3) is 0 Å². The Kier molecular flexibility index (Phi) is 5.94. The second-order valence-corrected chi connectivity index (χ2v) is 6.90. The SMILES string of the molecule is CCn1nc(C)c(CN(C)C(=O)[C@@H](C)n2nc(C(F)(F)F)c(Cl)c2C)c1C. The van der Waals surface area contributed by atoms with Crippen LogP contribution >= 0.6 is 11.6 Å². The number of carbonyl (C=O) groups is 1. The molecule has 0 aromatic carbocycles. The van der Waals surface area contributed by atoms with Crippen molar-refractivity contribution in [2.45, 2.75) is 59.9 Å². The normalized spacial score (nSPS) is 13.1. The van der Waals surface area contributed by atoms with E-state index in [2.05, 4.69) is 10.2 Å². The lowest BCUT2D eigenvalue weighted by Crippen LogP contribution is -2.34. The minimum Gasteiger partial charge on any atom is -0.339 e. The maximum Gasteiger partial charge on any atom is 0.436 e. The molecule has 0 aliphatic carbocycles. The Morgan fingerprint density at radius 3 is 2.26 bits per heavy atom. The van der Waals surface area contributed by atoms with E-state index < -0.39 is 22.9 Å². The Hall–Kier alpha value is -2.03. The molecule has 0 aliphatic rings. The summed E-state index contributed by atoms with van der Waals surface area (Å²) >= 11 is 5.78. The molecule has 6 nitrogen and oxygen atoms in total. The van der Waals surface area contributed by atoms with Gasteiger partial charge in [-0.05, 0) is 34.6 Å². The summed E-state index contributed by atoms with van der Waals surface area (Å²) in [6.07, 6.45) is -4.68. The third kappa shape index (κ3) is 3.97. The number of nitrogens with zero attached hydrogens (tertiary/aromatic N) is 5. The molecule has 0 bridgehead atoms. The number of rotatable bonds is 5. The molecule has 150 valence electrons. The van der Waals surface area contributed by atoms with Crippen LogP contribution in [-0.4, -0.2) is 37.4 Å². The number of carbonyl (C=O) groups excluding carboxylic acids is 1. The number of aryl methyl sites for hydroxylation is 2. The van der Waals surface area contributed by atoms with E-state index in [1.165, 1.54) is 18.7 Å². The summed E-state index contributed by atoms with van der Waals surface area (Å²) in [6.45, 7) is 9.70. The van der Waals surface area contributed by atoms with E-state index in [0.29, 0.717) is 13.1 Å². The molecule has 1 amide bonds. The quantitative estimate of drug-likeness (QED) is 0.757. The van der Waals surface area contributed by atoms with Gasteiger partial charge in [-0.15, -0.1) is 0 Å². The van der Waals surface area contributed by atoms with Crippen molar-refractivity contribution in [2.75, 3.05) is 7.05 Å². The summed E-state index contributed by atoms with van der Waals surface area (Å²) in [7, 11) is 1.60. The molecule has 2 aromatic rings. The van der Waals surface area contributed by atoms with Crippen molar-refractivity contribution in [2.24, 2.45) is 0 Å². The molecule has 0 saturated carbocycles. The fourth-order valence-electron chi connectivity index (χ4n) is 3.07. The monoisotopic (exact) mass is 405 g/mol. The molecule has 10 heteroatoms. The molecule has 0 radical (unpaired) electrons. The van der Waals surface area contributed by atoms with E-state index in [1.807, 2.05) is 25.5 Å². The van der Waals surface area contributed by atoms with Gasteiger partial charge in [-0.25, -0.2) is 0 Å². The first kappa shape index (κ1) is 21.3. The van der Waals surface area contributed by atoms with Gasteiger partial charge in [0.2, 0.25) is 5.91 Å². The summed E-state index contributed by atoms with van der Waals surface area (Å²) in [6, 6.07) is -0.926. The highest BCUT2D eigenvalue weighted by atomic mass is 35.5. The lowest BCUT2D eigenvalue weighted by atomic mass is 10.1. The van der Waals surface area contributed by atoms with Crippen molar-refractivity contribution in [1.82, 2.24) is 24.5 Å². The van der Waals surface area contributed by atoms with Crippen LogP contribution in [0.2, 0.25) is 5.02 Å². The molecule has 0 spiro atoms. The number of hydrogen-bond acceptors (Lipinski definition) is 3. The number of amides is 1. The number of aromatic nitrogens is 4. The van der Waals surface area contributed by atoms with Gasteiger partial charge in [-0.1, -0.05) is 11.6 Å². The van der Waals surface area contributed by atoms with Crippen molar-refractivity contribution >= 4 is 17.5 Å². The molecule has 0 saturated heterocycles. The molecule has 0 aliphatic heterocycles. The highest BCUT2D eigenvalue weighted by Gasteiger charge is 2.39. The van der Waals surface area contributed by atoms with Crippen LogP contribution in [-0.2, 0) is 24.1 Å². The molecule has 2 aromatic heterocycles. The smallest absolute Gasteiger partial charge is 0.339 e. The van der Waals surface area contributed by atoms with Crippen molar-refractivity contribution in [3.05, 3.63) is 33.4 Å². The lowest BCUT2D eigenvalue weighted by molar-refractivity contribution is -0.142. The zero-order valence-corrected chi connectivity index (χ0v) is 16.9. The zero-order chi connectivity index (χ0) is 20.7. The van der Waals surface area contributed by atoms with Gasteiger partial charge in [0.05, 0.1) is 16.4 Å². The van der Waals surface area contributed by atoms with Gasteiger partial charge < -0.3 is 4.90 Å². The lowest BCUT2D eigenvalue weighted by Gasteiger charge is -2.22. The van der Waals surface area contributed by atoms with Crippen LogP contribution in [0.15, 0.2) is 0 Å². The Labute approximate surface area is 160 Å². The predicted molar refractivity (Wildman–Crippen MR) is 95.5 cm³/mol. The van der Waals surface area contributed by atoms with Crippen molar-refractivity contribution in [1.29, 1.82) is 0 Å². The number of alkyl halides is 3. The first-order valence-corrected chi connectivity index (χ1v) is 8.87. The Morgan fingerprint density at radius 2 is 1.81 bits per heavy atom. The van der Waals surface area contributed by atoms with Gasteiger partial charge in [0.15, 0.2) is 5.69 Å². The highest BCUT2D eigenvalue weighted by molar-refractivity contribution is 6.32. The molecule has 2 rings (SSSR count). The van der Waals surface area contributed by atoms with E-state index >= 15 is 0 Å². The molecule has 27 heavy (non-hydrogen) atoms. The fraction of sp³-hybridized carbons (Fsp3) is 0.588. The Morgan fingerprint density at radius 1 is 1.22 bits per heavy atom. The third-order valence-electron chi connectivity index (χ3n) is 4.67. The highest BCUT2D eigenvalue weighted by Crippen LogP contribution is 2.36. The second-order valence-electron chi connectivity index (χ2n) is 6.53. The van der Waals surface area contributed by atoms with Crippen LogP contribution in [0.4, 0.5) is 13.2 Å². The molecular formula is C17H23ClF3N5O. The summed E-state index contributed by atoms with van der Waals surface area (Å²) in [4.78, 5) is 14.2. The third-order valence-corrected chi connectivity index (χ3v) is 5.12. The van der Waals surface area contributed by atoms with E-state index in [9.17, 15) is 18.0 Å². The largest absolute Gasteiger partial charge is 0.436 e. The van der Waals surface area contributed by atoms with Gasteiger partial charge in [-0.3, -0.25) is 14.2 Å². The average molecular weight is 406 g/mol. The number of likely N-dealkylation sites (N-methyl/N-ethyl adjacent to an activating group) is 1. The van der Waals surface area contributed by atoms with Crippen LogP contribution < -0.4 is 0 Å². The van der Waals surface area contributed by atoms with Crippen LogP contribution in [0.3, 0.4) is 0 Å². The topological polar surface area (TPSA) is 56.0 Å². The summed E-state index contributed by atoms with van der Waals surface area (Å²) in [5.74, 6) is -0.367. The maximum atomic E-state index is 13.0. The molecule has 2 heterocycles. The van der Waals surface area contributed by atoms with E-state index in [0.717, 1.165) is 21.6 Å². The van der Waals surface area contributed by atoms with Gasteiger partial charge in [0.25, 0.3) is 0 Å². The molecule has 0 unspecified atom stereocenters. The van der Waals surface area contributed by atoms with Gasteiger partial charge in [-0.2, -0.15) is 23.4 Å². The minimum atomic E-state index is -4.68. The number of hydrogen-bond donors (Lipinski definition) is 0. The van der Waals surface area contributed by atoms with E-state index in [4.69, 9.17) is 11.6 Å². The Balaban J connectivity index is 2.26. The summed E-state index contributed by atoms with van der Waals surface area (Å²) in [5.41, 5.74) is 1.62. The molecule has 1 atom stereocenters. The standard InChI is InChI=1S/C17H23ClF3N5O/c1-7-25-10(3)13(9(2)22-25)8-24(6)16(27)12(5)26-11(4)14(18)15(23-26)17(19,20)21/h12H,7-8H2,1-6H3/t12-/m1/s1. The second kappa shape index (κ2) is 7.53. The van der Waals surface area contributed by atoms with Crippen molar-refractivity contribution in [3.8, 4) is 0 Å². The summed E-state index contributed by atoms with van der Waals surface area (Å²) in [5, 5.41) is 7.47. The Bertz CT molecular complexity index is 856. The van der Waals surface area contributed by atoms with Crippen molar-refractivity contribution < 1.29 is 18.0 Å². The van der Waals surface area contributed by atoms with E-state index in [-0.39, 0.29) is 11.6 Å². The van der Waals surface area contributed by atoms with Crippen LogP contribution in [0.1, 0.15) is 48.2 Å². The molecular weight excluding hydrogens is 383 g/mol. The number of halogens is 4. The average Bonchev–Trinajstić information content (AvgIpc) is 3.04. The van der Waals surface area contributed by atoms with Gasteiger partial charge in [0, 0.05) is 31.4 Å². The first-order chi connectivity index (χ1) is 12.4. The summed E-state index contributed by atoms with van der Waals surface area (Å²) < 4.78 is 41.9. The first-order valence-electron chi connectivity index (χ1n) is 8.49. The van der Waals surface area contributed by atoms with Gasteiger partial charge in [0.1, 0.15) is 6.04 Å². The fourth-order valence-corrected chi connectivity index (χ4v) is 3.30. The predicted octanol–water partition coefficient (Wildman–Crippen LogP) is 3.92. The maximum absolute atomic E-state index is 13.0.